The Morgan fingerprint density at radius 1 is 1.00 bits per heavy atom. The first-order valence-corrected chi connectivity index (χ1v) is 15.3. The molecule has 0 saturated carbocycles. The average Bonchev–Trinajstić information content (AvgIpc) is 3.35. The Morgan fingerprint density at radius 2 is 1.64 bits per heavy atom. The second-order valence-corrected chi connectivity index (χ2v) is 12.7. The third-order valence-electron chi connectivity index (χ3n) is 6.13. The maximum absolute atomic E-state index is 14.3. The number of fused-ring (bicyclic) bond motifs is 1. The summed E-state index contributed by atoms with van der Waals surface area (Å²) >= 11 is 0. The Bertz CT molecular complexity index is 1560. The molecule has 2 heterocycles. The number of nitrogens with zero attached hydrogens (tertiary/aromatic N) is 4. The number of anilines is 1. The zero-order valence-electron chi connectivity index (χ0n) is 24.7. The Morgan fingerprint density at radius 3 is 2.19 bits per heavy atom. The summed E-state index contributed by atoms with van der Waals surface area (Å²) in [5, 5.41) is 3.87. The van der Waals surface area contributed by atoms with Gasteiger partial charge in [-0.1, -0.05) is 19.1 Å². The molecule has 3 aromatic rings. The summed E-state index contributed by atoms with van der Waals surface area (Å²) in [6, 6.07) is -0.693. The van der Waals surface area contributed by atoms with E-state index < -0.39 is 74.0 Å². The van der Waals surface area contributed by atoms with Crippen LogP contribution in [0.15, 0.2) is 36.9 Å². The first-order chi connectivity index (χ1) is 21.5. The van der Waals surface area contributed by atoms with Crippen molar-refractivity contribution in [2.24, 2.45) is 0 Å². The van der Waals surface area contributed by atoms with E-state index in [0.717, 1.165) is 31.1 Å². The molecule has 3 atom stereocenters. The van der Waals surface area contributed by atoms with E-state index >= 15 is 0 Å². The largest absolute Gasteiger partial charge is 0.573 e. The molecule has 262 valence electrons. The van der Waals surface area contributed by atoms with Gasteiger partial charge in [0.05, 0.1) is 19.5 Å². The summed E-state index contributed by atoms with van der Waals surface area (Å²) in [7, 11) is -5.08. The van der Waals surface area contributed by atoms with Crippen LogP contribution >= 0.6 is 7.44 Å². The van der Waals surface area contributed by atoms with Crippen molar-refractivity contribution in [1.29, 1.82) is 0 Å². The van der Waals surface area contributed by atoms with E-state index in [9.17, 15) is 48.9 Å². The van der Waals surface area contributed by atoms with Crippen molar-refractivity contribution in [2.75, 3.05) is 18.7 Å². The number of carbonyl (C=O) groups is 1. The number of nitrogen functional groups attached to an aromatic ring is 1. The van der Waals surface area contributed by atoms with E-state index in [0.29, 0.717) is 30.7 Å². The normalized spacial score (nSPS) is 15.7. The van der Waals surface area contributed by atoms with Crippen molar-refractivity contribution in [2.45, 2.75) is 70.1 Å². The molecule has 0 amide bonds. The second-order valence-electron chi connectivity index (χ2n) is 10.5. The minimum absolute atomic E-state index is 0.0468. The fraction of sp³-hybridized carbons (Fsp3) is 0.520. The van der Waals surface area contributed by atoms with E-state index in [4.69, 9.17) is 15.2 Å². The van der Waals surface area contributed by atoms with Crippen LogP contribution < -0.4 is 20.6 Å². The average molecular weight is 710 g/mol. The molecule has 1 unspecified atom stereocenters. The summed E-state index contributed by atoms with van der Waals surface area (Å²) in [6.45, 7) is 2.55. The zero-order chi connectivity index (χ0) is 35.4. The van der Waals surface area contributed by atoms with Gasteiger partial charge in [0.1, 0.15) is 35.5 Å². The molecule has 0 aliphatic heterocycles. The van der Waals surface area contributed by atoms with Gasteiger partial charge < -0.3 is 24.5 Å². The molecule has 1 aromatic carbocycles. The number of benzene rings is 1. The molecule has 4 N–H and O–H groups in total. The van der Waals surface area contributed by atoms with E-state index in [1.807, 2.05) is 0 Å². The van der Waals surface area contributed by atoms with Crippen LogP contribution in [0.3, 0.4) is 0 Å². The number of rotatable bonds is 14. The fourth-order valence-electron chi connectivity index (χ4n) is 4.04. The first kappa shape index (κ1) is 37.8. The third kappa shape index (κ3) is 10.4. The first-order valence-electron chi connectivity index (χ1n) is 13.4. The van der Waals surface area contributed by atoms with Crippen molar-refractivity contribution in [3.63, 3.8) is 0 Å². The Balaban J connectivity index is 1.99. The van der Waals surface area contributed by atoms with Crippen molar-refractivity contribution < 1.29 is 63.1 Å². The lowest BCUT2D eigenvalue weighted by molar-refractivity contribution is -0.274. The van der Waals surface area contributed by atoms with Gasteiger partial charge in [0, 0.05) is 0 Å². The van der Waals surface area contributed by atoms with Gasteiger partial charge in [-0.15, -0.1) is 13.2 Å². The van der Waals surface area contributed by atoms with E-state index in [1.165, 1.54) is 0 Å². The number of nitrogens with two attached hydrogens (primary N) is 1. The molecule has 0 fully saturated rings. The standard InChI is InChI=1S/C25H29F9N7O5P/c1-4-9-44-21(42)22(2,3)40-47(43,39-18(24(29,30)31)14-5-7-15(8-6-14)46-25(32,33)34)13-45-16(23(26,27)28)10-41-12-38-17-19(35)36-11-37-20(17)41/h5-8,11-12,16,18H,4,9-10,13H2,1-3H3,(H2,35,36,37)(H2,39,40,43)/t16-,18+,47?/m0/s1. The van der Waals surface area contributed by atoms with Crippen LogP contribution in [0.1, 0.15) is 38.8 Å². The van der Waals surface area contributed by atoms with Crippen LogP contribution in [0.5, 0.6) is 5.75 Å². The number of esters is 1. The SMILES string of the molecule is CCCOC(=O)C(C)(C)NP(=O)(CO[C@@H](Cn1cnc2c(N)ncnc21)C(F)(F)F)N[C@H](c1ccc(OC(F)(F)F)cc1)C(F)(F)F. The molecule has 0 saturated heterocycles. The molecule has 3 rings (SSSR count). The predicted octanol–water partition coefficient (Wildman–Crippen LogP) is 5.62. The Kier molecular flexibility index (Phi) is 11.4. The van der Waals surface area contributed by atoms with Gasteiger partial charge in [0.15, 0.2) is 17.6 Å². The number of ether oxygens (including phenoxy) is 3. The zero-order valence-corrected chi connectivity index (χ0v) is 25.6. The molecule has 0 radical (unpaired) electrons. The van der Waals surface area contributed by atoms with Gasteiger partial charge in [0.25, 0.3) is 0 Å². The van der Waals surface area contributed by atoms with Gasteiger partial charge in [-0.3, -0.25) is 9.36 Å². The summed E-state index contributed by atoms with van der Waals surface area (Å²) in [5.41, 5.74) is 2.63. The maximum Gasteiger partial charge on any atom is 0.573 e. The topological polar surface area (TPSA) is 156 Å². The number of hydrogen-bond acceptors (Lipinski definition) is 9. The molecule has 2 aromatic heterocycles. The monoisotopic (exact) mass is 709 g/mol. The number of carbonyl (C=O) groups excluding carboxylic acids is 1. The highest BCUT2D eigenvalue weighted by atomic mass is 31.2. The molecule has 0 aliphatic carbocycles. The third-order valence-corrected chi connectivity index (χ3v) is 8.24. The van der Waals surface area contributed by atoms with Gasteiger partial charge >= 0.3 is 24.7 Å². The van der Waals surface area contributed by atoms with Crippen molar-refractivity contribution in [3.05, 3.63) is 42.5 Å². The minimum Gasteiger partial charge on any atom is -0.464 e. The molecule has 22 heteroatoms. The summed E-state index contributed by atoms with van der Waals surface area (Å²) in [6.07, 6.45) is -17.8. The van der Waals surface area contributed by atoms with Gasteiger partial charge in [0.2, 0.25) is 7.44 Å². The molecular formula is C25H29F9N7O5P. The van der Waals surface area contributed by atoms with Crippen LogP contribution in [0.4, 0.5) is 45.3 Å². The van der Waals surface area contributed by atoms with Gasteiger partial charge in [-0.2, -0.15) is 26.3 Å². The van der Waals surface area contributed by atoms with Crippen molar-refractivity contribution in [1.82, 2.24) is 29.7 Å². The van der Waals surface area contributed by atoms with E-state index in [1.54, 1.807) is 12.0 Å². The van der Waals surface area contributed by atoms with Crippen molar-refractivity contribution in [3.8, 4) is 5.75 Å². The summed E-state index contributed by atoms with van der Waals surface area (Å²) in [4.78, 5) is 24.0. The summed E-state index contributed by atoms with van der Waals surface area (Å²) < 4.78 is 152. The minimum atomic E-state index is -5.32. The number of imidazole rings is 1. The predicted molar refractivity (Wildman–Crippen MR) is 147 cm³/mol. The van der Waals surface area contributed by atoms with E-state index in [-0.39, 0.29) is 23.6 Å². The maximum atomic E-state index is 14.3. The van der Waals surface area contributed by atoms with Crippen molar-refractivity contribution >= 4 is 30.4 Å². The lowest BCUT2D eigenvalue weighted by Crippen LogP contribution is -2.50. The number of halogens is 9. The molecular weight excluding hydrogens is 680 g/mol. The second kappa shape index (κ2) is 14.2. The number of nitrogens with one attached hydrogen (secondary N) is 2. The molecule has 0 spiro atoms. The molecule has 0 bridgehead atoms. The highest BCUT2D eigenvalue weighted by Crippen LogP contribution is 2.47. The quantitative estimate of drug-likeness (QED) is 0.109. The highest BCUT2D eigenvalue weighted by Gasteiger charge is 2.49. The van der Waals surface area contributed by atoms with Crippen LogP contribution in [0.2, 0.25) is 0 Å². The van der Waals surface area contributed by atoms with Crippen LogP contribution in [0.25, 0.3) is 11.2 Å². The van der Waals surface area contributed by atoms with E-state index in [2.05, 4.69) is 24.8 Å². The van der Waals surface area contributed by atoms with Crippen LogP contribution in [-0.2, 0) is 25.4 Å². The smallest absolute Gasteiger partial charge is 0.464 e. The number of aromatic nitrogens is 4. The fourth-order valence-corrected chi connectivity index (χ4v) is 6.34. The Labute approximate surface area is 260 Å². The van der Waals surface area contributed by atoms with Gasteiger partial charge in [-0.05, 0) is 38.0 Å². The molecule has 47 heavy (non-hydrogen) atoms. The highest BCUT2D eigenvalue weighted by molar-refractivity contribution is 7.59. The summed E-state index contributed by atoms with van der Waals surface area (Å²) in [5.74, 6) is -2.13. The molecule has 12 nitrogen and oxygen atoms in total. The van der Waals surface area contributed by atoms with Gasteiger partial charge in [-0.25, -0.2) is 25.1 Å². The van der Waals surface area contributed by atoms with Crippen LogP contribution in [0, 0.1) is 0 Å². The lowest BCUT2D eigenvalue weighted by Gasteiger charge is -2.34. The number of hydrogen-bond donors (Lipinski definition) is 3. The van der Waals surface area contributed by atoms with Crippen LogP contribution in [-0.4, -0.2) is 68.8 Å². The molecule has 0 aliphatic rings. The number of alkyl halides is 9. The Hall–Kier alpha value is -3.68. The lowest BCUT2D eigenvalue weighted by atomic mass is 10.1.